The van der Waals surface area contributed by atoms with Crippen LogP contribution in [0.1, 0.15) is 66.5 Å². The summed E-state index contributed by atoms with van der Waals surface area (Å²) in [5, 5.41) is 9.28. The van der Waals surface area contributed by atoms with E-state index in [9.17, 15) is 36.2 Å². The first-order valence-electron chi connectivity index (χ1n) is 13.8. The number of carbonyl (C=O) groups is 1. The molecule has 2 atom stereocenters. The Morgan fingerprint density at radius 2 is 1.76 bits per heavy atom. The summed E-state index contributed by atoms with van der Waals surface area (Å²) in [4.78, 5) is 27.8. The van der Waals surface area contributed by atoms with E-state index in [0.717, 1.165) is 0 Å². The van der Waals surface area contributed by atoms with Gasteiger partial charge in [-0.25, -0.2) is 19.7 Å². The molecule has 0 fully saturated rings. The summed E-state index contributed by atoms with van der Waals surface area (Å²) in [7, 11) is 1.39. The maximum Gasteiger partial charge on any atom is 0.416 e. The lowest BCUT2D eigenvalue weighted by Crippen LogP contribution is -2.61. The van der Waals surface area contributed by atoms with Gasteiger partial charge in [0.05, 0.1) is 60.6 Å². The van der Waals surface area contributed by atoms with Crippen molar-refractivity contribution >= 4 is 11.8 Å². The van der Waals surface area contributed by atoms with Crippen molar-refractivity contribution in [2.45, 2.75) is 57.0 Å². The van der Waals surface area contributed by atoms with Crippen molar-refractivity contribution in [1.82, 2.24) is 15.0 Å². The SMILES string of the molecule is CCOC(=O)N1c2ccc(OC)nc2[C@@H](c2ncc(OCCO)c(Cc3cc(C(F)(F)F)cc(C(F)(F)F)c3)n2)C[C@@]1(N)CC. The number of hydrogen-bond acceptors (Lipinski definition) is 9. The van der Waals surface area contributed by atoms with Crippen LogP contribution >= 0.6 is 0 Å². The summed E-state index contributed by atoms with van der Waals surface area (Å²) < 4.78 is 97.4. The molecule has 1 aromatic carbocycles. The molecule has 1 aliphatic heterocycles. The molecule has 0 bridgehead atoms. The molecule has 3 aromatic rings. The lowest BCUT2D eigenvalue weighted by molar-refractivity contribution is -0.143. The average Bonchev–Trinajstić information content (AvgIpc) is 2.98. The number of hydrogen-bond donors (Lipinski definition) is 2. The van der Waals surface area contributed by atoms with Gasteiger partial charge in [-0.1, -0.05) is 6.92 Å². The van der Waals surface area contributed by atoms with Gasteiger partial charge < -0.3 is 25.1 Å². The van der Waals surface area contributed by atoms with Gasteiger partial charge in [0.15, 0.2) is 5.75 Å². The number of amides is 1. The number of aliphatic hydroxyl groups excluding tert-OH is 1. The van der Waals surface area contributed by atoms with E-state index in [-0.39, 0.29) is 72.2 Å². The maximum absolute atomic E-state index is 13.6. The summed E-state index contributed by atoms with van der Waals surface area (Å²) in [6.45, 7) is 2.80. The van der Waals surface area contributed by atoms with E-state index in [1.807, 2.05) is 0 Å². The normalized spacial score (nSPS) is 18.4. The molecule has 45 heavy (non-hydrogen) atoms. The Hall–Kier alpha value is -4.18. The first-order valence-corrected chi connectivity index (χ1v) is 13.8. The van der Waals surface area contributed by atoms with Crippen LogP contribution in [0.5, 0.6) is 11.6 Å². The molecule has 10 nitrogen and oxygen atoms in total. The predicted octanol–water partition coefficient (Wildman–Crippen LogP) is 5.44. The van der Waals surface area contributed by atoms with Crippen LogP contribution in [0, 0.1) is 0 Å². The van der Waals surface area contributed by atoms with Crippen molar-refractivity contribution in [3.8, 4) is 11.6 Å². The largest absolute Gasteiger partial charge is 0.488 e. The first-order chi connectivity index (χ1) is 21.1. The number of fused-ring (bicyclic) bond motifs is 1. The van der Waals surface area contributed by atoms with E-state index >= 15 is 0 Å². The van der Waals surface area contributed by atoms with Crippen molar-refractivity contribution in [3.05, 3.63) is 70.4 Å². The summed E-state index contributed by atoms with van der Waals surface area (Å²) in [6.07, 6.45) is -9.83. The van der Waals surface area contributed by atoms with Crippen molar-refractivity contribution < 1.29 is 50.5 Å². The number of aliphatic hydroxyl groups is 1. The number of nitrogens with zero attached hydrogens (tertiary/aromatic N) is 4. The molecular formula is C29H31F6N5O5. The Kier molecular flexibility index (Phi) is 9.77. The quantitative estimate of drug-likeness (QED) is 0.293. The molecule has 1 aliphatic rings. The third kappa shape index (κ3) is 7.22. The topological polar surface area (TPSA) is 133 Å². The van der Waals surface area contributed by atoms with Gasteiger partial charge >= 0.3 is 18.4 Å². The van der Waals surface area contributed by atoms with Gasteiger partial charge in [0, 0.05) is 12.5 Å². The fraction of sp³-hybridized carbons (Fsp3) is 0.448. The number of halogens is 6. The van der Waals surface area contributed by atoms with E-state index in [0.29, 0.717) is 12.1 Å². The van der Waals surface area contributed by atoms with Gasteiger partial charge in [-0.2, -0.15) is 26.3 Å². The van der Waals surface area contributed by atoms with Gasteiger partial charge in [-0.15, -0.1) is 0 Å². The Balaban J connectivity index is 1.88. The van der Waals surface area contributed by atoms with Crippen molar-refractivity contribution in [1.29, 1.82) is 0 Å². The fourth-order valence-electron chi connectivity index (χ4n) is 5.08. The van der Waals surface area contributed by atoms with E-state index in [4.69, 9.17) is 19.9 Å². The molecule has 244 valence electrons. The van der Waals surface area contributed by atoms with E-state index in [2.05, 4.69) is 15.0 Å². The third-order valence-electron chi connectivity index (χ3n) is 7.25. The Morgan fingerprint density at radius 1 is 1.09 bits per heavy atom. The number of nitrogens with two attached hydrogens (primary N) is 1. The van der Waals surface area contributed by atoms with Crippen LogP contribution in [0.3, 0.4) is 0 Å². The van der Waals surface area contributed by atoms with Gasteiger partial charge in [0.1, 0.15) is 18.1 Å². The minimum Gasteiger partial charge on any atom is -0.488 e. The number of methoxy groups -OCH3 is 1. The Labute approximate surface area is 254 Å². The highest BCUT2D eigenvalue weighted by molar-refractivity contribution is 5.91. The standard InChI is InChI=1S/C29H31F6N5O5/c1-4-27(36)14-19(24-21(6-7-23(39-24)43-3)40(27)26(42)44-5-2)25-37-15-22(45-9-8-41)20(38-25)12-16-10-17(28(30,31)32)13-18(11-16)29(33,34)35/h6-7,10-11,13,15,19,41H,4-5,8-9,12,14,36H2,1-3H3/t19-,27+/m0/s1. The van der Waals surface area contributed by atoms with Gasteiger partial charge in [-0.3, -0.25) is 4.90 Å². The van der Waals surface area contributed by atoms with Crippen LogP contribution in [0.25, 0.3) is 0 Å². The summed E-state index contributed by atoms with van der Waals surface area (Å²) in [6, 6.07) is 4.34. The van der Waals surface area contributed by atoms with Crippen molar-refractivity contribution in [2.24, 2.45) is 5.73 Å². The van der Waals surface area contributed by atoms with Gasteiger partial charge in [0.2, 0.25) is 5.88 Å². The van der Waals surface area contributed by atoms with E-state index in [1.54, 1.807) is 19.9 Å². The summed E-state index contributed by atoms with van der Waals surface area (Å²) in [5.41, 5.74) is 2.67. The second-order valence-corrected chi connectivity index (χ2v) is 10.2. The minimum atomic E-state index is -5.05. The van der Waals surface area contributed by atoms with Crippen molar-refractivity contribution in [2.75, 3.05) is 31.8 Å². The Bertz CT molecular complexity index is 1500. The summed E-state index contributed by atoms with van der Waals surface area (Å²) >= 11 is 0. The van der Waals surface area contributed by atoms with Crippen LogP contribution in [0.4, 0.5) is 36.8 Å². The number of anilines is 1. The van der Waals surface area contributed by atoms with Crippen LogP contribution in [-0.4, -0.2) is 58.7 Å². The van der Waals surface area contributed by atoms with E-state index < -0.39 is 54.2 Å². The molecule has 0 radical (unpaired) electrons. The average molecular weight is 644 g/mol. The number of pyridine rings is 1. The molecule has 0 aliphatic carbocycles. The third-order valence-corrected chi connectivity index (χ3v) is 7.25. The maximum atomic E-state index is 13.6. The molecule has 3 heterocycles. The smallest absolute Gasteiger partial charge is 0.416 e. The number of aromatic nitrogens is 3. The van der Waals surface area contributed by atoms with E-state index in [1.165, 1.54) is 24.3 Å². The van der Waals surface area contributed by atoms with Crippen LogP contribution in [0.15, 0.2) is 36.5 Å². The van der Waals surface area contributed by atoms with Crippen LogP contribution in [-0.2, 0) is 23.5 Å². The minimum absolute atomic E-state index is 0.0214. The highest BCUT2D eigenvalue weighted by Crippen LogP contribution is 2.46. The molecule has 2 aromatic heterocycles. The molecule has 16 heteroatoms. The molecule has 4 rings (SSSR count). The molecule has 0 unspecified atom stereocenters. The summed E-state index contributed by atoms with van der Waals surface area (Å²) in [5.74, 6) is -0.604. The molecule has 0 spiro atoms. The molecule has 3 N–H and O–H groups in total. The monoisotopic (exact) mass is 643 g/mol. The molecule has 0 saturated heterocycles. The lowest BCUT2D eigenvalue weighted by Gasteiger charge is -2.46. The zero-order chi connectivity index (χ0) is 33.2. The second-order valence-electron chi connectivity index (χ2n) is 10.2. The number of alkyl halides is 6. The predicted molar refractivity (Wildman–Crippen MR) is 148 cm³/mol. The van der Waals surface area contributed by atoms with Gasteiger partial charge in [-0.05, 0) is 49.6 Å². The van der Waals surface area contributed by atoms with Crippen LogP contribution in [0.2, 0.25) is 0 Å². The second kappa shape index (κ2) is 13.0. The number of ether oxygens (including phenoxy) is 3. The first kappa shape index (κ1) is 33.7. The lowest BCUT2D eigenvalue weighted by atomic mass is 9.83. The fourth-order valence-corrected chi connectivity index (χ4v) is 5.08. The Morgan fingerprint density at radius 3 is 2.31 bits per heavy atom. The molecule has 0 saturated carbocycles. The number of carbonyl (C=O) groups excluding carboxylic acids is 1. The number of rotatable bonds is 9. The molecular weight excluding hydrogens is 612 g/mol. The zero-order valence-corrected chi connectivity index (χ0v) is 24.5. The highest BCUT2D eigenvalue weighted by Gasteiger charge is 2.47. The molecule has 1 amide bonds. The zero-order valence-electron chi connectivity index (χ0n) is 24.5. The van der Waals surface area contributed by atoms with Gasteiger partial charge in [0.25, 0.3) is 0 Å². The number of benzene rings is 1. The van der Waals surface area contributed by atoms with Crippen molar-refractivity contribution in [3.63, 3.8) is 0 Å². The highest BCUT2D eigenvalue weighted by atomic mass is 19.4. The van der Waals surface area contributed by atoms with Crippen LogP contribution < -0.4 is 20.1 Å².